The minimum Gasteiger partial charge on any atom is -0.506 e. The fourth-order valence-electron chi connectivity index (χ4n) is 5.52. The monoisotopic (exact) mass is 629 g/mol. The van der Waals surface area contributed by atoms with Crippen LogP contribution < -0.4 is 16.0 Å². The zero-order valence-electron chi connectivity index (χ0n) is 26.4. The molecule has 4 aromatic carbocycles. The van der Waals surface area contributed by atoms with E-state index in [0.29, 0.717) is 41.0 Å². The van der Waals surface area contributed by atoms with Crippen molar-refractivity contribution in [3.05, 3.63) is 148 Å². The lowest BCUT2D eigenvalue weighted by Gasteiger charge is -2.18. The van der Waals surface area contributed by atoms with Crippen molar-refractivity contribution < 1.29 is 24.2 Å². The molecule has 5 rings (SSSR count). The Balaban J connectivity index is 1.13. The van der Waals surface area contributed by atoms with E-state index in [-0.39, 0.29) is 30.7 Å². The fourth-order valence-corrected chi connectivity index (χ4v) is 5.52. The van der Waals surface area contributed by atoms with Gasteiger partial charge in [-0.25, -0.2) is 0 Å². The average Bonchev–Trinajstić information content (AvgIpc) is 3.59. The summed E-state index contributed by atoms with van der Waals surface area (Å²) in [4.78, 5) is 23.7. The quantitative estimate of drug-likeness (QED) is 0.0519. The Bertz CT molecular complexity index is 1830. The number of hydrogen-bond donors (Lipinski definition) is 5. The van der Waals surface area contributed by atoms with Gasteiger partial charge in [0.2, 0.25) is 0 Å². The molecule has 0 bridgehead atoms. The Hall–Kier alpha value is -5.44. The summed E-state index contributed by atoms with van der Waals surface area (Å²) < 4.78 is 6.08. The number of hydrogen-bond acceptors (Lipinski definition) is 7. The number of rotatable bonds is 14. The highest BCUT2D eigenvalue weighted by Gasteiger charge is 2.17. The predicted octanol–water partition coefficient (Wildman–Crippen LogP) is 6.81. The maximum absolute atomic E-state index is 12.9. The number of carbonyl (C=O) groups is 2. The molecule has 0 radical (unpaired) electrons. The van der Waals surface area contributed by atoms with Gasteiger partial charge in [-0.3, -0.25) is 9.59 Å². The fraction of sp³-hybridized carbons (Fsp3) is 0.179. The zero-order chi connectivity index (χ0) is 33.2. The third-order valence-corrected chi connectivity index (χ3v) is 8.15. The molecule has 1 heterocycles. The highest BCUT2D eigenvalue weighted by molar-refractivity contribution is 5.94. The molecule has 8 nitrogen and oxygen atoms in total. The highest BCUT2D eigenvalue weighted by Crippen LogP contribution is 2.34. The molecule has 5 aromatic rings. The van der Waals surface area contributed by atoms with Crippen LogP contribution in [0.1, 0.15) is 62.9 Å². The van der Waals surface area contributed by atoms with Gasteiger partial charge >= 0.3 is 0 Å². The smallest absolute Gasteiger partial charge is 0.251 e. The lowest BCUT2D eigenvalue weighted by Crippen LogP contribution is -2.23. The molecule has 47 heavy (non-hydrogen) atoms. The average molecular weight is 630 g/mol. The van der Waals surface area contributed by atoms with Gasteiger partial charge in [-0.1, -0.05) is 73.7 Å². The first-order valence-corrected chi connectivity index (χ1v) is 15.5. The Morgan fingerprint density at radius 1 is 0.894 bits per heavy atom. The normalized spacial score (nSPS) is 12.5. The van der Waals surface area contributed by atoms with Crippen molar-refractivity contribution in [1.82, 2.24) is 10.6 Å². The van der Waals surface area contributed by atoms with Gasteiger partial charge in [-0.2, -0.15) is 0 Å². The molecule has 2 unspecified atom stereocenters. The second-order valence-corrected chi connectivity index (χ2v) is 11.3. The number of aliphatic hydroxyl groups is 1. The molecule has 0 aliphatic heterocycles. The van der Waals surface area contributed by atoms with E-state index < -0.39 is 6.10 Å². The Kier molecular flexibility index (Phi) is 11.0. The molecule has 1 amide bonds. The number of aliphatic hydroxyl groups excluding tert-OH is 1. The summed E-state index contributed by atoms with van der Waals surface area (Å²) in [5, 5.41) is 30.1. The van der Waals surface area contributed by atoms with Crippen molar-refractivity contribution in [2.24, 2.45) is 0 Å². The first-order chi connectivity index (χ1) is 22.9. The minimum atomic E-state index is -0.886. The molecule has 0 saturated carbocycles. The van der Waals surface area contributed by atoms with Gasteiger partial charge in [0.05, 0.1) is 18.3 Å². The Morgan fingerprint density at radius 3 is 2.40 bits per heavy atom. The maximum atomic E-state index is 12.9. The summed E-state index contributed by atoms with van der Waals surface area (Å²) in [7, 11) is 1.66. The number of nitrogens with one attached hydrogen (secondary N) is 3. The number of anilines is 1. The number of phenolic OH excluding ortho intramolecular Hbond substituents is 1. The molecule has 240 valence electrons. The second kappa shape index (κ2) is 15.7. The molecule has 0 fully saturated rings. The van der Waals surface area contributed by atoms with Gasteiger partial charge in [0.1, 0.15) is 23.6 Å². The van der Waals surface area contributed by atoms with E-state index >= 15 is 0 Å². The standard InChI is InChI=1S/C39H39N3O5/c1-26(28-8-4-3-5-9-28)30-10-6-11-31(22-30)37-20-17-32(47-37)24-42-39(46)29-15-13-27(14-16-29)23-41-25-36(45)33-18-19-35(44)38(40-2)34(33)12-7-21-43/h3-22,26,36,40-41,44-45H,23-25H2,1-2H3,(H,42,46)/b12-7-. The number of amides is 1. The number of benzene rings is 4. The van der Waals surface area contributed by atoms with E-state index in [1.165, 1.54) is 23.3 Å². The van der Waals surface area contributed by atoms with Gasteiger partial charge in [-0.15, -0.1) is 0 Å². The van der Waals surface area contributed by atoms with Crippen LogP contribution >= 0.6 is 0 Å². The molecule has 0 spiro atoms. The Labute approximate surface area is 274 Å². The van der Waals surface area contributed by atoms with Gasteiger partial charge in [-0.05, 0) is 70.8 Å². The molecule has 5 N–H and O–H groups in total. The van der Waals surface area contributed by atoms with E-state index in [1.54, 1.807) is 31.3 Å². The molecule has 0 aliphatic rings. The molecule has 1 aromatic heterocycles. The number of phenols is 1. The van der Waals surface area contributed by atoms with Crippen molar-refractivity contribution in [2.75, 3.05) is 18.9 Å². The van der Waals surface area contributed by atoms with Crippen LogP contribution in [0.3, 0.4) is 0 Å². The summed E-state index contributed by atoms with van der Waals surface area (Å²) in [6.07, 6.45) is 2.63. The third kappa shape index (κ3) is 8.24. The molecular weight excluding hydrogens is 590 g/mol. The molecule has 8 heteroatoms. The van der Waals surface area contributed by atoms with Crippen LogP contribution in [0.15, 0.2) is 114 Å². The maximum Gasteiger partial charge on any atom is 0.251 e. The van der Waals surface area contributed by atoms with Crippen LogP contribution in [0, 0.1) is 0 Å². The minimum absolute atomic E-state index is 0.0233. The summed E-state index contributed by atoms with van der Waals surface area (Å²) >= 11 is 0. The number of allylic oxidation sites excluding steroid dienone is 1. The summed E-state index contributed by atoms with van der Waals surface area (Å²) in [6.45, 7) is 3.16. The van der Waals surface area contributed by atoms with Crippen LogP contribution in [0.2, 0.25) is 0 Å². The van der Waals surface area contributed by atoms with Crippen LogP contribution in [0.25, 0.3) is 17.4 Å². The van der Waals surface area contributed by atoms with E-state index in [0.717, 1.165) is 16.9 Å². The lowest BCUT2D eigenvalue weighted by atomic mass is 9.92. The molecular formula is C39H39N3O5. The van der Waals surface area contributed by atoms with Crippen LogP contribution in [-0.4, -0.2) is 36.0 Å². The topological polar surface area (TPSA) is 124 Å². The largest absolute Gasteiger partial charge is 0.506 e. The molecule has 0 saturated heterocycles. The van der Waals surface area contributed by atoms with Gasteiger partial charge in [0.15, 0.2) is 0 Å². The zero-order valence-corrected chi connectivity index (χ0v) is 26.4. The number of carbonyl (C=O) groups excluding carboxylic acids is 2. The third-order valence-electron chi connectivity index (χ3n) is 8.15. The summed E-state index contributed by atoms with van der Waals surface area (Å²) in [5.74, 6) is 1.48. The van der Waals surface area contributed by atoms with Crippen molar-refractivity contribution >= 4 is 24.0 Å². The van der Waals surface area contributed by atoms with Crippen molar-refractivity contribution in [3.63, 3.8) is 0 Å². The van der Waals surface area contributed by atoms with Gasteiger partial charge in [0.25, 0.3) is 5.91 Å². The van der Waals surface area contributed by atoms with Crippen molar-refractivity contribution in [3.8, 4) is 17.1 Å². The molecule has 2 atom stereocenters. The van der Waals surface area contributed by atoms with Crippen LogP contribution in [0.4, 0.5) is 5.69 Å². The van der Waals surface area contributed by atoms with E-state index in [9.17, 15) is 19.8 Å². The van der Waals surface area contributed by atoms with Crippen LogP contribution in [-0.2, 0) is 17.9 Å². The SMILES string of the molecule is CNc1c(O)ccc(C(O)CNCc2ccc(C(=O)NCc3ccc(-c4cccc(C(C)c5ccccc5)c4)o3)cc2)c1/C=C\C=O. The predicted molar refractivity (Wildman–Crippen MR) is 185 cm³/mol. The van der Waals surface area contributed by atoms with E-state index in [1.807, 2.05) is 42.5 Å². The Morgan fingerprint density at radius 2 is 1.66 bits per heavy atom. The van der Waals surface area contributed by atoms with E-state index in [2.05, 4.69) is 59.3 Å². The summed E-state index contributed by atoms with van der Waals surface area (Å²) in [6, 6.07) is 32.9. The first kappa shape index (κ1) is 32.9. The van der Waals surface area contributed by atoms with Gasteiger partial charge in [0, 0.05) is 42.7 Å². The van der Waals surface area contributed by atoms with E-state index in [4.69, 9.17) is 4.42 Å². The van der Waals surface area contributed by atoms with Gasteiger partial charge < -0.3 is 30.6 Å². The lowest BCUT2D eigenvalue weighted by molar-refractivity contribution is -0.104. The highest BCUT2D eigenvalue weighted by atomic mass is 16.3. The number of furan rings is 1. The summed E-state index contributed by atoms with van der Waals surface area (Å²) in [5.41, 5.74) is 6.45. The number of aromatic hydroxyl groups is 1. The second-order valence-electron chi connectivity index (χ2n) is 11.3. The van der Waals surface area contributed by atoms with Crippen molar-refractivity contribution in [2.45, 2.75) is 32.0 Å². The molecule has 0 aliphatic carbocycles. The first-order valence-electron chi connectivity index (χ1n) is 15.5. The number of aldehydes is 1. The van der Waals surface area contributed by atoms with Crippen molar-refractivity contribution in [1.29, 1.82) is 0 Å². The van der Waals surface area contributed by atoms with Crippen LogP contribution in [0.5, 0.6) is 5.75 Å².